The molecule has 2 heterocycles. The Kier molecular flexibility index (Phi) is 5.78. The molecule has 0 bridgehead atoms. The van der Waals surface area contributed by atoms with Crippen molar-refractivity contribution in [3.8, 4) is 5.69 Å². The number of rotatable bonds is 2. The van der Waals surface area contributed by atoms with Gasteiger partial charge in [-0.25, -0.2) is 0 Å². The first-order chi connectivity index (χ1) is 16.4. The molecule has 3 aromatic carbocycles. The summed E-state index contributed by atoms with van der Waals surface area (Å²) in [6.07, 6.45) is 1.12. The van der Waals surface area contributed by atoms with Gasteiger partial charge >= 0.3 is 217 Å². The Morgan fingerprint density at radius 2 is 1.37 bits per heavy atom. The maximum absolute atomic E-state index is 2.58. The second-order valence-electron chi connectivity index (χ2n) is 12.5. The van der Waals surface area contributed by atoms with E-state index in [0.717, 1.165) is 6.42 Å². The summed E-state index contributed by atoms with van der Waals surface area (Å²) in [6.45, 7) is 20.9. The number of pyridine rings is 1. The number of hydrogen-bond donors (Lipinski definition) is 0. The van der Waals surface area contributed by atoms with Crippen LogP contribution in [0.3, 0.4) is 0 Å². The molecular formula is C33H38NSe+. The monoisotopic (exact) mass is 528 g/mol. The second-order valence-corrected chi connectivity index (χ2v) is 14.6. The summed E-state index contributed by atoms with van der Waals surface area (Å²) >= 11 is 0.272. The van der Waals surface area contributed by atoms with Crippen LogP contribution in [0.2, 0.25) is 0 Å². The van der Waals surface area contributed by atoms with Gasteiger partial charge in [-0.3, -0.25) is 0 Å². The predicted octanol–water partition coefficient (Wildman–Crippen LogP) is 8.29. The normalized spacial score (nSPS) is 12.8. The predicted molar refractivity (Wildman–Crippen MR) is 154 cm³/mol. The van der Waals surface area contributed by atoms with Gasteiger partial charge in [-0.05, 0) is 0 Å². The van der Waals surface area contributed by atoms with E-state index >= 15 is 0 Å². The molecule has 5 aromatic rings. The van der Waals surface area contributed by atoms with Crippen LogP contribution in [-0.4, -0.2) is 14.5 Å². The van der Waals surface area contributed by atoms with Crippen molar-refractivity contribution in [1.82, 2.24) is 0 Å². The Balaban J connectivity index is 1.86. The van der Waals surface area contributed by atoms with Crippen molar-refractivity contribution in [3.63, 3.8) is 0 Å². The topological polar surface area (TPSA) is 3.88 Å². The van der Waals surface area contributed by atoms with Gasteiger partial charge in [0.25, 0.3) is 0 Å². The Morgan fingerprint density at radius 1 is 0.714 bits per heavy atom. The molecule has 0 amide bonds. The van der Waals surface area contributed by atoms with E-state index < -0.39 is 0 Å². The number of fused-ring (bicyclic) bond motifs is 4. The summed E-state index contributed by atoms with van der Waals surface area (Å²) in [6, 6.07) is 20.9. The molecule has 0 saturated carbocycles. The molecule has 35 heavy (non-hydrogen) atoms. The Labute approximate surface area is 216 Å². The molecule has 0 aliphatic heterocycles. The molecule has 2 heteroatoms. The van der Waals surface area contributed by atoms with Gasteiger partial charge in [0.2, 0.25) is 0 Å². The van der Waals surface area contributed by atoms with Gasteiger partial charge in [-0.15, -0.1) is 0 Å². The van der Waals surface area contributed by atoms with Crippen molar-refractivity contribution in [2.24, 2.45) is 5.41 Å². The third-order valence-corrected chi connectivity index (χ3v) is 10.1. The zero-order chi connectivity index (χ0) is 25.3. The van der Waals surface area contributed by atoms with E-state index in [1.54, 1.807) is 4.26 Å². The first kappa shape index (κ1) is 24.3. The van der Waals surface area contributed by atoms with E-state index in [4.69, 9.17) is 0 Å². The van der Waals surface area contributed by atoms with Crippen molar-refractivity contribution >= 4 is 44.7 Å². The summed E-state index contributed by atoms with van der Waals surface area (Å²) in [5.41, 5.74) is 8.81. The molecule has 0 aliphatic carbocycles. The van der Waals surface area contributed by atoms with Crippen molar-refractivity contribution < 1.29 is 4.57 Å². The molecule has 0 fully saturated rings. The third kappa shape index (κ3) is 4.15. The van der Waals surface area contributed by atoms with Gasteiger partial charge < -0.3 is 0 Å². The van der Waals surface area contributed by atoms with Crippen LogP contribution in [0.5, 0.6) is 0 Å². The van der Waals surface area contributed by atoms with Crippen molar-refractivity contribution in [3.05, 3.63) is 82.5 Å². The standard InChI is InChI=1S/C33H38NSe/c1-20-14-16-27-26-17-15-23(19-32(4,5)6)21(2)30(26)35-31(27)34(20)29-18-28(33(7,8)9)25-13-11-10-12-24(25)22(29)3/h10-18H,19H2,1-9H3/q+1. The van der Waals surface area contributed by atoms with E-state index in [0.29, 0.717) is 5.41 Å². The third-order valence-electron chi connectivity index (χ3n) is 7.34. The minimum atomic E-state index is 0.0705. The van der Waals surface area contributed by atoms with E-state index in [-0.39, 0.29) is 19.9 Å². The van der Waals surface area contributed by atoms with Crippen molar-refractivity contribution in [2.75, 3.05) is 0 Å². The summed E-state index contributed by atoms with van der Waals surface area (Å²) in [4.78, 5) is 0. The SMILES string of the molecule is Cc1c(-[n+]2c(C)ccc3c4ccc(CC(C)(C)C)c(C)c4[se]c32)cc(C(C)(C)C)c2ccccc12. The molecule has 1 nitrogen and oxygen atoms in total. The van der Waals surface area contributed by atoms with E-state index in [1.807, 2.05) is 0 Å². The quantitative estimate of drug-likeness (QED) is 0.161. The molecule has 0 saturated heterocycles. The van der Waals surface area contributed by atoms with Gasteiger partial charge in [0.05, 0.1) is 0 Å². The fourth-order valence-electron chi connectivity index (χ4n) is 5.53. The van der Waals surface area contributed by atoms with Crippen LogP contribution in [-0.2, 0) is 11.8 Å². The summed E-state index contributed by atoms with van der Waals surface area (Å²) in [5.74, 6) is 0. The molecular weight excluding hydrogens is 489 g/mol. The van der Waals surface area contributed by atoms with Crippen LogP contribution < -0.4 is 4.57 Å². The maximum atomic E-state index is 2.58. The number of benzene rings is 3. The van der Waals surface area contributed by atoms with Crippen LogP contribution in [0.25, 0.3) is 35.9 Å². The molecule has 0 N–H and O–H groups in total. The van der Waals surface area contributed by atoms with Gasteiger partial charge in [-0.1, -0.05) is 0 Å². The zero-order valence-corrected chi connectivity index (χ0v) is 24.5. The van der Waals surface area contributed by atoms with Crippen LogP contribution in [0, 0.1) is 26.2 Å². The average Bonchev–Trinajstić information content (AvgIpc) is 3.14. The average molecular weight is 528 g/mol. The first-order valence-corrected chi connectivity index (χ1v) is 14.5. The Hall–Kier alpha value is -2.41. The summed E-state index contributed by atoms with van der Waals surface area (Å²) < 4.78 is 5.64. The van der Waals surface area contributed by atoms with Crippen molar-refractivity contribution in [1.29, 1.82) is 0 Å². The number of hydrogen-bond acceptors (Lipinski definition) is 0. The van der Waals surface area contributed by atoms with E-state index in [1.165, 1.54) is 59.6 Å². The van der Waals surface area contributed by atoms with E-state index in [2.05, 4.69) is 121 Å². The Bertz CT molecular complexity index is 1600. The molecule has 180 valence electrons. The first-order valence-electron chi connectivity index (χ1n) is 12.8. The molecule has 2 aromatic heterocycles. The second kappa shape index (κ2) is 8.32. The number of aryl methyl sites for hydroxylation is 3. The number of nitrogens with zero attached hydrogens (tertiary/aromatic N) is 1. The van der Waals surface area contributed by atoms with Gasteiger partial charge in [0.15, 0.2) is 0 Å². The molecule has 0 atom stereocenters. The van der Waals surface area contributed by atoms with Crippen LogP contribution in [0.4, 0.5) is 0 Å². The molecule has 0 spiro atoms. The minimum absolute atomic E-state index is 0.0705. The van der Waals surface area contributed by atoms with Crippen molar-refractivity contribution in [2.45, 2.75) is 74.1 Å². The number of aromatic nitrogens is 1. The van der Waals surface area contributed by atoms with Gasteiger partial charge in [0, 0.05) is 0 Å². The van der Waals surface area contributed by atoms with Gasteiger partial charge in [-0.2, -0.15) is 0 Å². The zero-order valence-electron chi connectivity index (χ0n) is 22.8. The molecule has 0 aliphatic rings. The summed E-state index contributed by atoms with van der Waals surface area (Å²) in [5, 5.41) is 5.61. The van der Waals surface area contributed by atoms with Crippen LogP contribution >= 0.6 is 0 Å². The van der Waals surface area contributed by atoms with E-state index in [9.17, 15) is 0 Å². The fourth-order valence-corrected chi connectivity index (χ4v) is 8.44. The Morgan fingerprint density at radius 3 is 2.03 bits per heavy atom. The van der Waals surface area contributed by atoms with Gasteiger partial charge in [0.1, 0.15) is 0 Å². The molecule has 5 rings (SSSR count). The van der Waals surface area contributed by atoms with Crippen LogP contribution in [0.15, 0.2) is 54.6 Å². The summed E-state index contributed by atoms with van der Waals surface area (Å²) in [7, 11) is 0. The molecule has 0 unspecified atom stereocenters. The molecule has 0 radical (unpaired) electrons. The van der Waals surface area contributed by atoms with Crippen LogP contribution in [0.1, 0.15) is 69.5 Å². The fraction of sp³-hybridized carbons (Fsp3) is 0.364.